The number of rotatable bonds is 2. The molecule has 2 aromatic rings. The summed E-state index contributed by atoms with van der Waals surface area (Å²) in [7, 11) is -2.65. The first-order valence-corrected chi connectivity index (χ1v) is 10.3. The predicted octanol–water partition coefficient (Wildman–Crippen LogP) is 2.84. The summed E-state index contributed by atoms with van der Waals surface area (Å²) >= 11 is 0. The molecule has 3 rings (SSSR count). The van der Waals surface area contributed by atoms with Gasteiger partial charge in [-0.05, 0) is 59.9 Å². The van der Waals surface area contributed by atoms with Crippen LogP contribution in [0.15, 0.2) is 41.7 Å². The SMILES string of the molecule is C=S1(=O)C[C@@](C)(c2cc(-c3cncc(C#N)c3)ccc2F)N=C(N)C1(C)C. The second-order valence-electron chi connectivity index (χ2n) is 7.51. The maximum absolute atomic E-state index is 14.7. The molecule has 0 bridgehead atoms. The van der Waals surface area contributed by atoms with Gasteiger partial charge in [0.15, 0.2) is 0 Å². The van der Waals surface area contributed by atoms with Crippen LogP contribution in [0, 0.1) is 17.1 Å². The minimum Gasteiger partial charge on any atom is -0.386 e. The number of hydrogen-bond donors (Lipinski definition) is 1. The van der Waals surface area contributed by atoms with Crippen molar-refractivity contribution in [2.45, 2.75) is 31.1 Å². The molecule has 27 heavy (non-hydrogen) atoms. The minimum absolute atomic E-state index is 0.0879. The van der Waals surface area contributed by atoms with E-state index in [1.54, 1.807) is 45.2 Å². The average molecular weight is 384 g/mol. The molecular weight excluding hydrogens is 363 g/mol. The van der Waals surface area contributed by atoms with Gasteiger partial charge in [-0.25, -0.2) is 4.39 Å². The normalized spacial score (nSPS) is 26.9. The fraction of sp³-hybridized carbons (Fsp3) is 0.300. The van der Waals surface area contributed by atoms with Crippen LogP contribution < -0.4 is 5.73 Å². The Bertz CT molecular complexity index is 1100. The number of aromatic nitrogens is 1. The smallest absolute Gasteiger partial charge is 0.128 e. The zero-order valence-corrected chi connectivity index (χ0v) is 16.3. The van der Waals surface area contributed by atoms with Crippen molar-refractivity contribution < 1.29 is 8.60 Å². The Balaban J connectivity index is 2.18. The quantitative estimate of drug-likeness (QED) is 0.806. The Morgan fingerprint density at radius 3 is 2.59 bits per heavy atom. The van der Waals surface area contributed by atoms with Gasteiger partial charge in [0.2, 0.25) is 0 Å². The molecule has 5 nitrogen and oxygen atoms in total. The number of nitrogens with two attached hydrogens (primary N) is 1. The highest BCUT2D eigenvalue weighted by Crippen LogP contribution is 2.39. The summed E-state index contributed by atoms with van der Waals surface area (Å²) < 4.78 is 27.1. The summed E-state index contributed by atoms with van der Waals surface area (Å²) in [5, 5.41) is 9.07. The van der Waals surface area contributed by atoms with Crippen LogP contribution >= 0.6 is 0 Å². The molecular formula is C20H21FN4OS. The van der Waals surface area contributed by atoms with Crippen molar-refractivity contribution in [1.29, 1.82) is 5.26 Å². The lowest BCUT2D eigenvalue weighted by Gasteiger charge is -2.41. The van der Waals surface area contributed by atoms with Crippen LogP contribution in [-0.2, 0) is 15.1 Å². The summed E-state index contributed by atoms with van der Waals surface area (Å²) in [6.45, 7) is 5.20. The number of amidine groups is 1. The lowest BCUT2D eigenvalue weighted by molar-refractivity contribution is 0.493. The van der Waals surface area contributed by atoms with Gasteiger partial charge in [0.1, 0.15) is 17.7 Å². The molecule has 0 aliphatic carbocycles. The summed E-state index contributed by atoms with van der Waals surface area (Å²) in [4.78, 5) is 8.58. The Labute approximate surface area is 158 Å². The molecule has 2 N–H and O–H groups in total. The topological polar surface area (TPSA) is 92.1 Å². The van der Waals surface area contributed by atoms with Crippen molar-refractivity contribution in [1.82, 2.24) is 4.98 Å². The number of pyridine rings is 1. The maximum atomic E-state index is 14.7. The molecule has 0 radical (unpaired) electrons. The van der Waals surface area contributed by atoms with E-state index in [1.807, 2.05) is 6.07 Å². The van der Waals surface area contributed by atoms with E-state index >= 15 is 0 Å². The monoisotopic (exact) mass is 384 g/mol. The third-order valence-corrected chi connectivity index (χ3v) is 8.27. The summed E-state index contributed by atoms with van der Waals surface area (Å²) in [6, 6.07) is 8.32. The first kappa shape index (κ1) is 19.1. The zero-order valence-electron chi connectivity index (χ0n) is 15.5. The summed E-state index contributed by atoms with van der Waals surface area (Å²) in [6.07, 6.45) is 3.06. The third-order valence-electron chi connectivity index (χ3n) is 5.18. The molecule has 2 atom stereocenters. The molecule has 140 valence electrons. The van der Waals surface area contributed by atoms with Gasteiger partial charge >= 0.3 is 0 Å². The van der Waals surface area contributed by atoms with Crippen LogP contribution in [0.1, 0.15) is 31.9 Å². The Kier molecular flexibility index (Phi) is 4.35. The van der Waals surface area contributed by atoms with Crippen LogP contribution in [-0.4, -0.2) is 31.4 Å². The summed E-state index contributed by atoms with van der Waals surface area (Å²) in [5.74, 6) is 3.71. The molecule has 0 fully saturated rings. The maximum Gasteiger partial charge on any atom is 0.128 e. The zero-order chi connectivity index (χ0) is 20.0. The molecule has 0 amide bonds. The highest BCUT2D eigenvalue weighted by atomic mass is 32.2. The first-order chi connectivity index (χ1) is 12.5. The van der Waals surface area contributed by atoms with Gasteiger partial charge in [0.25, 0.3) is 0 Å². The largest absolute Gasteiger partial charge is 0.386 e. The van der Waals surface area contributed by atoms with Crippen LogP contribution in [0.4, 0.5) is 4.39 Å². The molecule has 0 saturated heterocycles. The van der Waals surface area contributed by atoms with Gasteiger partial charge in [-0.2, -0.15) is 5.26 Å². The van der Waals surface area contributed by atoms with E-state index < -0.39 is 25.6 Å². The summed E-state index contributed by atoms with van der Waals surface area (Å²) in [5.41, 5.74) is 7.07. The highest BCUT2D eigenvalue weighted by Gasteiger charge is 2.45. The molecule has 0 spiro atoms. The van der Waals surface area contributed by atoms with Gasteiger partial charge in [0, 0.05) is 29.3 Å². The van der Waals surface area contributed by atoms with E-state index in [2.05, 4.69) is 15.8 Å². The second kappa shape index (κ2) is 6.17. The van der Waals surface area contributed by atoms with Crippen LogP contribution in [0.25, 0.3) is 11.1 Å². The number of hydrogen-bond acceptors (Lipinski definition) is 5. The van der Waals surface area contributed by atoms with E-state index in [9.17, 15) is 8.60 Å². The van der Waals surface area contributed by atoms with E-state index in [0.717, 1.165) is 0 Å². The average Bonchev–Trinajstić information content (AvgIpc) is 2.60. The standard InChI is InChI=1S/C20H21FN4OS/c1-19(2)18(23)25-20(3,12-27(19,4)26)16-8-14(5-6-17(16)21)15-7-13(9-22)10-24-11-15/h5-8,10-11H,4,12H2,1-3H3,(H2,23,25)/t20-,27?/m0/s1. The minimum atomic E-state index is -2.65. The second-order valence-corrected chi connectivity index (χ2v) is 10.4. The van der Waals surface area contributed by atoms with Gasteiger partial charge in [-0.3, -0.25) is 14.2 Å². The van der Waals surface area contributed by atoms with Crippen molar-refractivity contribution in [3.63, 3.8) is 0 Å². The number of halogens is 1. The molecule has 2 heterocycles. The van der Waals surface area contributed by atoms with Gasteiger partial charge < -0.3 is 5.73 Å². The lowest BCUT2D eigenvalue weighted by Crippen LogP contribution is -2.54. The number of aliphatic imine (C=N–C) groups is 1. The highest BCUT2D eigenvalue weighted by molar-refractivity contribution is 8.02. The Morgan fingerprint density at radius 1 is 1.26 bits per heavy atom. The fourth-order valence-corrected chi connectivity index (χ4v) is 5.09. The Morgan fingerprint density at radius 2 is 1.96 bits per heavy atom. The number of nitriles is 1. The van der Waals surface area contributed by atoms with Crippen LogP contribution in [0.5, 0.6) is 0 Å². The first-order valence-electron chi connectivity index (χ1n) is 8.36. The Hall–Kier alpha value is -2.72. The van der Waals surface area contributed by atoms with Crippen LogP contribution in [0.2, 0.25) is 0 Å². The number of nitrogens with zero attached hydrogens (tertiary/aromatic N) is 3. The number of benzene rings is 1. The van der Waals surface area contributed by atoms with Crippen molar-refractivity contribution in [2.75, 3.05) is 5.75 Å². The van der Waals surface area contributed by atoms with Gasteiger partial charge in [-0.1, -0.05) is 6.07 Å². The van der Waals surface area contributed by atoms with Crippen molar-refractivity contribution in [3.8, 4) is 17.2 Å². The fourth-order valence-electron chi connectivity index (χ4n) is 3.17. The molecule has 7 heteroatoms. The van der Waals surface area contributed by atoms with Crippen molar-refractivity contribution >= 4 is 21.2 Å². The molecule has 1 aromatic carbocycles. The van der Waals surface area contributed by atoms with Gasteiger partial charge in [-0.15, -0.1) is 0 Å². The van der Waals surface area contributed by atoms with E-state index in [-0.39, 0.29) is 17.2 Å². The molecule has 0 saturated carbocycles. The predicted molar refractivity (Wildman–Crippen MR) is 108 cm³/mol. The lowest BCUT2D eigenvalue weighted by atomic mass is 9.90. The van der Waals surface area contributed by atoms with Crippen LogP contribution in [0.3, 0.4) is 0 Å². The molecule has 1 aliphatic heterocycles. The van der Waals surface area contributed by atoms with Gasteiger partial charge in [0.05, 0.1) is 15.8 Å². The van der Waals surface area contributed by atoms with E-state index in [4.69, 9.17) is 11.0 Å². The molecule has 1 unspecified atom stereocenters. The molecule has 1 aliphatic rings. The van der Waals surface area contributed by atoms with E-state index in [1.165, 1.54) is 12.3 Å². The third kappa shape index (κ3) is 3.10. The van der Waals surface area contributed by atoms with Crippen molar-refractivity contribution in [3.05, 3.63) is 53.6 Å². The van der Waals surface area contributed by atoms with E-state index in [0.29, 0.717) is 16.7 Å². The van der Waals surface area contributed by atoms with Crippen molar-refractivity contribution in [2.24, 2.45) is 10.7 Å². The molecule has 1 aromatic heterocycles.